The van der Waals surface area contributed by atoms with Gasteiger partial charge < -0.3 is 33.9 Å². The molecule has 0 atom stereocenters. The number of amides is 1. The van der Waals surface area contributed by atoms with Gasteiger partial charge in [0.2, 0.25) is 0 Å². The monoisotopic (exact) mass is 925 g/mol. The van der Waals surface area contributed by atoms with Crippen LogP contribution in [0.25, 0.3) is 0 Å². The van der Waals surface area contributed by atoms with E-state index in [4.69, 9.17) is 23.7 Å². The van der Waals surface area contributed by atoms with Crippen LogP contribution in [0.5, 0.6) is 0 Å². The Bertz CT molecular complexity index is 971. The van der Waals surface area contributed by atoms with E-state index < -0.39 is 11.7 Å². The van der Waals surface area contributed by atoms with Gasteiger partial charge in [0.05, 0.1) is 39.6 Å². The Balaban J connectivity index is 4.62. The number of hydrogen-bond acceptors (Lipinski definition) is 9. The summed E-state index contributed by atoms with van der Waals surface area (Å²) in [6.45, 7) is 20.8. The number of unbranched alkanes of at least 4 members (excludes halogenated alkanes) is 16. The van der Waals surface area contributed by atoms with E-state index in [1.165, 1.54) is 141 Å². The maximum atomic E-state index is 12.6. The molecule has 0 bridgehead atoms. The zero-order valence-electron chi connectivity index (χ0n) is 44.1. The average molecular weight is 925 g/mol. The molecule has 0 fully saturated rings. The molecule has 0 aromatic heterocycles. The molecule has 0 spiro atoms. The lowest BCUT2D eigenvalue weighted by molar-refractivity contribution is -0.144. The Kier molecular flexibility index (Phi) is 45.8. The molecule has 1 N–H and O–H groups in total. The molecule has 0 aliphatic heterocycles. The Morgan fingerprint density at radius 2 is 0.815 bits per heavy atom. The van der Waals surface area contributed by atoms with E-state index in [2.05, 4.69) is 37.9 Å². The predicted molar refractivity (Wildman–Crippen MR) is 272 cm³/mol. The van der Waals surface area contributed by atoms with E-state index in [1.54, 1.807) is 0 Å². The third-order valence-corrected chi connectivity index (χ3v) is 12.5. The summed E-state index contributed by atoms with van der Waals surface area (Å²) in [6, 6.07) is 0. The van der Waals surface area contributed by atoms with Crippen LogP contribution in [0.15, 0.2) is 0 Å². The first-order chi connectivity index (χ1) is 31.5. The molecule has 0 radical (unpaired) electrons. The SMILES string of the molecule is CCCCCCC(CCCCCC)CCCOC(=O)CCCCCN(CCCCCC(=O)OCCCC(CCCCCC)CCCCCC)CCOCCOCCNC(=O)OC(C)(C)C. The highest BCUT2D eigenvalue weighted by atomic mass is 16.6. The summed E-state index contributed by atoms with van der Waals surface area (Å²) in [5.41, 5.74) is -0.525. The van der Waals surface area contributed by atoms with E-state index >= 15 is 0 Å². The fraction of sp³-hybridized carbons (Fsp3) is 0.945. The van der Waals surface area contributed by atoms with Crippen LogP contribution in [-0.2, 0) is 33.3 Å². The number of hydrogen-bond donors (Lipinski definition) is 1. The van der Waals surface area contributed by atoms with Gasteiger partial charge in [0.15, 0.2) is 0 Å². The van der Waals surface area contributed by atoms with E-state index in [0.717, 1.165) is 82.8 Å². The lowest BCUT2D eigenvalue weighted by atomic mass is 9.91. The molecule has 0 aromatic rings. The summed E-state index contributed by atoms with van der Waals surface area (Å²) < 4.78 is 28.1. The largest absolute Gasteiger partial charge is 0.466 e. The second-order valence-electron chi connectivity index (χ2n) is 20.0. The van der Waals surface area contributed by atoms with Crippen molar-refractivity contribution in [3.63, 3.8) is 0 Å². The van der Waals surface area contributed by atoms with Gasteiger partial charge in [-0.2, -0.15) is 0 Å². The molecule has 0 rings (SSSR count). The van der Waals surface area contributed by atoms with Crippen LogP contribution < -0.4 is 5.32 Å². The number of nitrogens with one attached hydrogen (secondary N) is 1. The van der Waals surface area contributed by atoms with Crippen molar-refractivity contribution in [3.05, 3.63) is 0 Å². The summed E-state index contributed by atoms with van der Waals surface area (Å²) in [7, 11) is 0. The standard InChI is InChI=1S/C55H108N2O8/c1-8-12-16-22-32-50(33-23-17-13-9-2)36-30-44-63-52(58)38-26-20-28-41-57(43-47-62-49-48-61-46-40-56-54(60)65-55(5,6)7)42-29-21-27-39-53(59)64-45-31-37-51(34-24-18-14-10-3)35-25-19-15-11-4/h50-51H,8-49H2,1-7H3,(H,56,60). The van der Waals surface area contributed by atoms with E-state index in [0.29, 0.717) is 59.0 Å². The molecule has 0 saturated carbocycles. The minimum absolute atomic E-state index is 0.0566. The number of ether oxygens (including phenoxy) is 5. The van der Waals surface area contributed by atoms with Gasteiger partial charge in [-0.25, -0.2) is 4.79 Å². The van der Waals surface area contributed by atoms with E-state index in [-0.39, 0.29) is 11.9 Å². The average Bonchev–Trinajstić information content (AvgIpc) is 3.27. The zero-order chi connectivity index (χ0) is 47.9. The van der Waals surface area contributed by atoms with Crippen molar-refractivity contribution in [2.45, 2.75) is 260 Å². The van der Waals surface area contributed by atoms with Crippen LogP contribution in [-0.4, -0.2) is 94.4 Å². The summed E-state index contributed by atoms with van der Waals surface area (Å²) in [6.07, 6.45) is 37.0. The molecule has 1 amide bonds. The summed E-state index contributed by atoms with van der Waals surface area (Å²) in [5.74, 6) is 1.43. The molecule has 65 heavy (non-hydrogen) atoms. The van der Waals surface area contributed by atoms with Crippen molar-refractivity contribution < 1.29 is 38.1 Å². The van der Waals surface area contributed by atoms with Gasteiger partial charge in [-0.05, 0) is 97.1 Å². The molecular weight excluding hydrogens is 817 g/mol. The number of carbonyl (C=O) groups is 3. The Morgan fingerprint density at radius 3 is 1.22 bits per heavy atom. The summed E-state index contributed by atoms with van der Waals surface area (Å²) >= 11 is 0. The van der Waals surface area contributed by atoms with Crippen LogP contribution in [0.2, 0.25) is 0 Å². The van der Waals surface area contributed by atoms with Crippen molar-refractivity contribution in [2.24, 2.45) is 11.8 Å². The second kappa shape index (κ2) is 47.2. The van der Waals surface area contributed by atoms with Crippen molar-refractivity contribution in [1.82, 2.24) is 10.2 Å². The van der Waals surface area contributed by atoms with Crippen LogP contribution in [0.3, 0.4) is 0 Å². The highest BCUT2D eigenvalue weighted by molar-refractivity contribution is 5.69. The fourth-order valence-corrected chi connectivity index (χ4v) is 8.52. The number of carbonyl (C=O) groups excluding carboxylic acids is 3. The molecule has 0 saturated heterocycles. The maximum absolute atomic E-state index is 12.6. The minimum atomic E-state index is -0.525. The fourth-order valence-electron chi connectivity index (χ4n) is 8.52. The first-order valence-electron chi connectivity index (χ1n) is 27.7. The normalized spacial score (nSPS) is 11.8. The lowest BCUT2D eigenvalue weighted by Crippen LogP contribution is -2.34. The number of alkyl carbamates (subject to hydrolysis) is 1. The van der Waals surface area contributed by atoms with Gasteiger partial charge in [-0.15, -0.1) is 0 Å². The Morgan fingerprint density at radius 1 is 0.431 bits per heavy atom. The second-order valence-corrected chi connectivity index (χ2v) is 20.0. The van der Waals surface area contributed by atoms with E-state index in [1.807, 2.05) is 20.8 Å². The molecular formula is C55H108N2O8. The van der Waals surface area contributed by atoms with Crippen molar-refractivity contribution >= 4 is 18.0 Å². The topological polar surface area (TPSA) is 113 Å². The van der Waals surface area contributed by atoms with Gasteiger partial charge in [0.25, 0.3) is 0 Å². The molecule has 0 heterocycles. The molecule has 0 aliphatic rings. The van der Waals surface area contributed by atoms with Gasteiger partial charge in [0.1, 0.15) is 5.60 Å². The predicted octanol–water partition coefficient (Wildman–Crippen LogP) is 14.7. The molecule has 0 aliphatic carbocycles. The number of esters is 2. The Hall–Kier alpha value is -1.91. The maximum Gasteiger partial charge on any atom is 0.407 e. The van der Waals surface area contributed by atoms with Gasteiger partial charge in [0, 0.05) is 25.9 Å². The number of nitrogens with zero attached hydrogens (tertiary/aromatic N) is 1. The summed E-state index contributed by atoms with van der Waals surface area (Å²) in [5, 5.41) is 2.70. The first-order valence-corrected chi connectivity index (χ1v) is 27.7. The van der Waals surface area contributed by atoms with Crippen LogP contribution in [0.4, 0.5) is 4.79 Å². The van der Waals surface area contributed by atoms with Crippen molar-refractivity contribution in [1.29, 1.82) is 0 Å². The van der Waals surface area contributed by atoms with Crippen LogP contribution in [0.1, 0.15) is 254 Å². The Labute approximate surface area is 402 Å². The van der Waals surface area contributed by atoms with E-state index in [9.17, 15) is 14.4 Å². The van der Waals surface area contributed by atoms with Gasteiger partial charge >= 0.3 is 18.0 Å². The lowest BCUT2D eigenvalue weighted by Gasteiger charge is -2.22. The molecule has 386 valence electrons. The molecule has 0 unspecified atom stereocenters. The van der Waals surface area contributed by atoms with Gasteiger partial charge in [-0.3, -0.25) is 9.59 Å². The third-order valence-electron chi connectivity index (χ3n) is 12.5. The number of rotatable bonds is 49. The molecule has 0 aromatic carbocycles. The highest BCUT2D eigenvalue weighted by Gasteiger charge is 2.16. The van der Waals surface area contributed by atoms with Gasteiger partial charge in [-0.1, -0.05) is 169 Å². The first kappa shape index (κ1) is 63.1. The smallest absolute Gasteiger partial charge is 0.407 e. The van der Waals surface area contributed by atoms with Crippen LogP contribution >= 0.6 is 0 Å². The van der Waals surface area contributed by atoms with Crippen LogP contribution in [0, 0.1) is 11.8 Å². The molecule has 10 heteroatoms. The molecule has 10 nitrogen and oxygen atoms in total. The van der Waals surface area contributed by atoms with Crippen molar-refractivity contribution in [3.8, 4) is 0 Å². The quantitative estimate of drug-likeness (QED) is 0.0362. The highest BCUT2D eigenvalue weighted by Crippen LogP contribution is 2.24. The zero-order valence-corrected chi connectivity index (χ0v) is 44.1. The third kappa shape index (κ3) is 47.0. The van der Waals surface area contributed by atoms with Crippen molar-refractivity contribution in [2.75, 3.05) is 65.8 Å². The minimum Gasteiger partial charge on any atom is -0.466 e. The summed E-state index contributed by atoms with van der Waals surface area (Å²) in [4.78, 5) is 39.4.